The van der Waals surface area contributed by atoms with Crippen molar-refractivity contribution in [2.24, 2.45) is 7.05 Å². The van der Waals surface area contributed by atoms with Gasteiger partial charge in [-0.05, 0) is 6.42 Å². The fourth-order valence-corrected chi connectivity index (χ4v) is 2.90. The molecule has 1 fully saturated rings. The van der Waals surface area contributed by atoms with E-state index in [-0.39, 0.29) is 12.0 Å². The summed E-state index contributed by atoms with van der Waals surface area (Å²) in [6.45, 7) is 3.51. The van der Waals surface area contributed by atoms with Gasteiger partial charge in [-0.2, -0.15) is 15.1 Å². The van der Waals surface area contributed by atoms with Crippen molar-refractivity contribution in [1.82, 2.24) is 24.6 Å². The highest BCUT2D eigenvalue weighted by Crippen LogP contribution is 2.28. The predicted molar refractivity (Wildman–Crippen MR) is 81.7 cm³/mol. The lowest BCUT2D eigenvalue weighted by atomic mass is 10.1. The number of hydrogen-bond donors (Lipinski definition) is 2. The van der Waals surface area contributed by atoms with Crippen molar-refractivity contribution in [3.8, 4) is 0 Å². The number of aromatic nitrogens is 4. The van der Waals surface area contributed by atoms with Crippen molar-refractivity contribution >= 4 is 28.9 Å². The van der Waals surface area contributed by atoms with Crippen molar-refractivity contribution in [3.63, 3.8) is 0 Å². The number of anilines is 2. The van der Waals surface area contributed by atoms with Crippen LogP contribution in [0.4, 0.5) is 16.6 Å². The molecule has 0 aromatic carbocycles. The van der Waals surface area contributed by atoms with E-state index in [1.807, 2.05) is 6.92 Å². The Bertz CT molecular complexity index is 714. The van der Waals surface area contributed by atoms with E-state index in [1.165, 1.54) is 4.90 Å². The van der Waals surface area contributed by atoms with Crippen molar-refractivity contribution in [2.75, 3.05) is 30.3 Å². The molecule has 3 N–H and O–H groups in total. The van der Waals surface area contributed by atoms with Crippen molar-refractivity contribution in [2.45, 2.75) is 19.4 Å². The number of aryl methyl sites for hydroxylation is 1. The van der Waals surface area contributed by atoms with Crippen LogP contribution >= 0.6 is 0 Å². The van der Waals surface area contributed by atoms with Crippen LogP contribution in [0.3, 0.4) is 0 Å². The highest BCUT2D eigenvalue weighted by molar-refractivity contribution is 5.88. The minimum atomic E-state index is -0.883. The average Bonchev–Trinajstić information content (AvgIpc) is 2.87. The van der Waals surface area contributed by atoms with Gasteiger partial charge in [0.1, 0.15) is 5.82 Å². The molecule has 0 unspecified atom stereocenters. The number of piperazine rings is 1. The van der Waals surface area contributed by atoms with Crippen LogP contribution < -0.4 is 10.6 Å². The molecule has 0 aliphatic carbocycles. The van der Waals surface area contributed by atoms with E-state index < -0.39 is 6.09 Å². The van der Waals surface area contributed by atoms with Gasteiger partial charge in [-0.15, -0.1) is 0 Å². The van der Waals surface area contributed by atoms with Crippen LogP contribution in [0.25, 0.3) is 11.0 Å². The maximum atomic E-state index is 11.2. The Morgan fingerprint density at radius 2 is 2.23 bits per heavy atom. The zero-order valence-electron chi connectivity index (χ0n) is 12.6. The first-order valence-corrected chi connectivity index (χ1v) is 7.21. The summed E-state index contributed by atoms with van der Waals surface area (Å²) in [5.41, 5.74) is 6.51. The number of nitrogens with two attached hydrogens (primary N) is 1. The van der Waals surface area contributed by atoms with Crippen molar-refractivity contribution < 1.29 is 9.90 Å². The minimum absolute atomic E-state index is 0.0579. The predicted octanol–water partition coefficient (Wildman–Crippen LogP) is 0.524. The largest absolute Gasteiger partial charge is 0.465 e. The Kier molecular flexibility index (Phi) is 3.47. The fourth-order valence-electron chi connectivity index (χ4n) is 2.90. The molecule has 1 saturated heterocycles. The van der Waals surface area contributed by atoms with Crippen molar-refractivity contribution in [3.05, 3.63) is 6.20 Å². The van der Waals surface area contributed by atoms with E-state index in [4.69, 9.17) is 5.73 Å². The summed E-state index contributed by atoms with van der Waals surface area (Å²) >= 11 is 0. The van der Waals surface area contributed by atoms with Crippen LogP contribution in [0, 0.1) is 0 Å². The molecular weight excluding hydrogens is 286 g/mol. The molecule has 3 rings (SSSR count). The molecule has 2 aromatic rings. The molecule has 0 bridgehead atoms. The van der Waals surface area contributed by atoms with Crippen LogP contribution in [0.5, 0.6) is 0 Å². The van der Waals surface area contributed by atoms with Gasteiger partial charge in [0.25, 0.3) is 0 Å². The van der Waals surface area contributed by atoms with Crippen molar-refractivity contribution in [1.29, 1.82) is 0 Å². The molecule has 3 heterocycles. The van der Waals surface area contributed by atoms with Crippen LogP contribution in [-0.2, 0) is 7.05 Å². The van der Waals surface area contributed by atoms with E-state index >= 15 is 0 Å². The molecule has 0 saturated carbocycles. The second-order valence-electron chi connectivity index (χ2n) is 5.39. The van der Waals surface area contributed by atoms with Gasteiger partial charge in [0.05, 0.1) is 11.6 Å². The zero-order chi connectivity index (χ0) is 15.9. The normalized spacial score (nSPS) is 18.9. The van der Waals surface area contributed by atoms with Gasteiger partial charge in [-0.25, -0.2) is 4.79 Å². The number of fused-ring (bicyclic) bond motifs is 1. The Morgan fingerprint density at radius 3 is 2.91 bits per heavy atom. The molecule has 1 atom stereocenters. The van der Waals surface area contributed by atoms with Crippen LogP contribution in [-0.4, -0.2) is 61.5 Å². The van der Waals surface area contributed by atoms with Crippen LogP contribution in [0.1, 0.15) is 13.3 Å². The van der Waals surface area contributed by atoms with Gasteiger partial charge in [0, 0.05) is 32.7 Å². The van der Waals surface area contributed by atoms with Gasteiger partial charge in [-0.1, -0.05) is 6.92 Å². The van der Waals surface area contributed by atoms with E-state index in [9.17, 15) is 9.90 Å². The Labute approximate surface area is 127 Å². The lowest BCUT2D eigenvalue weighted by Gasteiger charge is -2.40. The van der Waals surface area contributed by atoms with E-state index in [0.717, 1.165) is 17.6 Å². The quantitative estimate of drug-likeness (QED) is 0.831. The molecule has 1 aliphatic rings. The smallest absolute Gasteiger partial charge is 0.407 e. The second kappa shape index (κ2) is 5.32. The lowest BCUT2D eigenvalue weighted by Crippen LogP contribution is -2.54. The summed E-state index contributed by atoms with van der Waals surface area (Å²) in [4.78, 5) is 23.3. The Balaban J connectivity index is 2.01. The summed E-state index contributed by atoms with van der Waals surface area (Å²) in [6.07, 6.45) is 1.65. The highest BCUT2D eigenvalue weighted by atomic mass is 16.4. The highest BCUT2D eigenvalue weighted by Gasteiger charge is 2.30. The number of carbonyl (C=O) groups is 1. The third-order valence-electron chi connectivity index (χ3n) is 4.09. The van der Waals surface area contributed by atoms with Crippen LogP contribution in [0.15, 0.2) is 6.20 Å². The number of amides is 1. The molecule has 22 heavy (non-hydrogen) atoms. The number of nitrogens with zero attached hydrogens (tertiary/aromatic N) is 6. The Morgan fingerprint density at radius 1 is 1.45 bits per heavy atom. The molecule has 9 heteroatoms. The molecule has 1 aliphatic heterocycles. The van der Waals surface area contributed by atoms with Gasteiger partial charge < -0.3 is 20.6 Å². The van der Waals surface area contributed by atoms with E-state index in [0.29, 0.717) is 25.3 Å². The van der Waals surface area contributed by atoms with E-state index in [1.54, 1.807) is 17.9 Å². The number of rotatable bonds is 2. The average molecular weight is 305 g/mol. The number of carboxylic acid groups (broad SMARTS) is 1. The summed E-state index contributed by atoms with van der Waals surface area (Å²) in [5.74, 6) is 0.925. The first-order chi connectivity index (χ1) is 10.5. The molecule has 0 spiro atoms. The first-order valence-electron chi connectivity index (χ1n) is 7.21. The molecule has 9 nitrogen and oxygen atoms in total. The molecule has 2 aromatic heterocycles. The summed E-state index contributed by atoms with van der Waals surface area (Å²) in [5, 5.41) is 14.2. The zero-order valence-corrected chi connectivity index (χ0v) is 12.6. The topological polar surface area (TPSA) is 113 Å². The van der Waals surface area contributed by atoms with Gasteiger partial charge >= 0.3 is 6.09 Å². The third kappa shape index (κ3) is 2.28. The monoisotopic (exact) mass is 305 g/mol. The van der Waals surface area contributed by atoms with Crippen LogP contribution in [0.2, 0.25) is 0 Å². The summed E-state index contributed by atoms with van der Waals surface area (Å²) < 4.78 is 1.66. The minimum Gasteiger partial charge on any atom is -0.465 e. The summed E-state index contributed by atoms with van der Waals surface area (Å²) in [7, 11) is 1.80. The van der Waals surface area contributed by atoms with Gasteiger partial charge in [0.2, 0.25) is 5.95 Å². The second-order valence-corrected chi connectivity index (χ2v) is 5.39. The lowest BCUT2D eigenvalue weighted by molar-refractivity contribution is 0.134. The summed E-state index contributed by atoms with van der Waals surface area (Å²) in [6, 6.07) is 0.0579. The number of hydrogen-bond acceptors (Lipinski definition) is 6. The van der Waals surface area contributed by atoms with Gasteiger partial charge in [-0.3, -0.25) is 4.68 Å². The molecule has 118 valence electrons. The SMILES string of the molecule is CC[C@H]1CN(C(=O)O)CCN1c1nc(N)nc2c1cnn2C. The molecular formula is C13H19N7O2. The molecule has 1 amide bonds. The maximum absolute atomic E-state index is 11.2. The molecule has 0 radical (unpaired) electrons. The Hall–Kier alpha value is -2.58. The van der Waals surface area contributed by atoms with E-state index in [2.05, 4.69) is 20.0 Å². The maximum Gasteiger partial charge on any atom is 0.407 e. The third-order valence-corrected chi connectivity index (χ3v) is 4.09. The standard InChI is InChI=1S/C13H19N7O2/c1-3-8-7-19(13(21)22)4-5-20(8)11-9-6-15-18(2)10(9)16-12(14)17-11/h6,8H,3-5,7H2,1-2H3,(H,21,22)(H2,14,16,17)/t8-/m0/s1. The fraction of sp³-hybridized carbons (Fsp3) is 0.538. The van der Waals surface area contributed by atoms with Gasteiger partial charge in [0.15, 0.2) is 5.65 Å². The first kappa shape index (κ1) is 14.4. The number of nitrogen functional groups attached to an aromatic ring is 1.